The Hall–Kier alpha value is -1.01. The quantitative estimate of drug-likeness (QED) is 0.537. The number of amides is 2. The lowest BCUT2D eigenvalue weighted by atomic mass is 10.1. The summed E-state index contributed by atoms with van der Waals surface area (Å²) in [7, 11) is 1.59. The van der Waals surface area contributed by atoms with Crippen LogP contribution in [0.3, 0.4) is 0 Å². The fraction of sp³-hybridized carbons (Fsp3) is 0.375. The van der Waals surface area contributed by atoms with Gasteiger partial charge >= 0.3 is 0 Å². The minimum absolute atomic E-state index is 0.265. The van der Waals surface area contributed by atoms with Crippen molar-refractivity contribution in [2.75, 3.05) is 26.0 Å². The van der Waals surface area contributed by atoms with Crippen molar-refractivity contribution >= 4 is 52.4 Å². The number of methoxy groups -OCH3 is 1. The number of nitrogens with zero attached hydrogens (tertiary/aromatic N) is 1. The molecule has 0 unspecified atom stereocenters. The van der Waals surface area contributed by atoms with E-state index in [1.807, 2.05) is 6.92 Å². The highest BCUT2D eigenvalue weighted by Crippen LogP contribution is 2.39. The molecular weight excluding hydrogens is 357 g/mol. The maximum atomic E-state index is 12.7. The number of rotatable bonds is 7. The van der Waals surface area contributed by atoms with E-state index in [1.165, 1.54) is 16.7 Å². The minimum atomic E-state index is -0.314. The second-order valence-corrected chi connectivity index (χ2v) is 6.99. The van der Waals surface area contributed by atoms with Gasteiger partial charge in [-0.2, -0.15) is 0 Å². The summed E-state index contributed by atoms with van der Waals surface area (Å²) in [6.07, 6.45) is 0.597. The lowest BCUT2D eigenvalue weighted by molar-refractivity contribution is -0.136. The summed E-state index contributed by atoms with van der Waals surface area (Å²) in [6, 6.07) is 4.92. The van der Waals surface area contributed by atoms with Crippen LogP contribution in [0.25, 0.3) is 5.57 Å². The normalized spacial score (nSPS) is 15.0. The number of halogens is 2. The molecule has 0 spiro atoms. The number of imide groups is 1. The Balaban J connectivity index is 2.40. The topological polar surface area (TPSA) is 46.6 Å². The average molecular weight is 374 g/mol. The van der Waals surface area contributed by atoms with Crippen LogP contribution in [0.5, 0.6) is 0 Å². The highest BCUT2D eigenvalue weighted by molar-refractivity contribution is 8.04. The van der Waals surface area contributed by atoms with Gasteiger partial charge in [0, 0.05) is 30.8 Å². The second-order valence-electron chi connectivity index (χ2n) is 4.87. The summed E-state index contributed by atoms with van der Waals surface area (Å²) >= 11 is 13.5. The fourth-order valence-corrected chi connectivity index (χ4v) is 3.70. The molecule has 124 valence electrons. The summed E-state index contributed by atoms with van der Waals surface area (Å²) in [5, 5.41) is 0.847. The molecule has 1 aromatic rings. The van der Waals surface area contributed by atoms with E-state index < -0.39 is 0 Å². The molecule has 7 heteroatoms. The molecule has 1 aliphatic heterocycles. The van der Waals surface area contributed by atoms with E-state index in [9.17, 15) is 9.59 Å². The molecule has 4 nitrogen and oxygen atoms in total. The van der Waals surface area contributed by atoms with Crippen LogP contribution in [-0.4, -0.2) is 42.7 Å². The van der Waals surface area contributed by atoms with E-state index in [0.717, 1.165) is 0 Å². The Kier molecular flexibility index (Phi) is 6.53. The maximum absolute atomic E-state index is 12.7. The molecule has 0 atom stereocenters. The van der Waals surface area contributed by atoms with E-state index in [0.29, 0.717) is 51.4 Å². The van der Waals surface area contributed by atoms with Gasteiger partial charge < -0.3 is 4.74 Å². The smallest absolute Gasteiger partial charge is 0.267 e. The van der Waals surface area contributed by atoms with Crippen molar-refractivity contribution in [1.29, 1.82) is 0 Å². The van der Waals surface area contributed by atoms with Gasteiger partial charge in [0.2, 0.25) is 0 Å². The third-order valence-electron chi connectivity index (χ3n) is 3.34. The van der Waals surface area contributed by atoms with Crippen molar-refractivity contribution in [3.05, 3.63) is 38.7 Å². The summed E-state index contributed by atoms with van der Waals surface area (Å²) < 4.78 is 4.99. The molecule has 2 rings (SSSR count). The van der Waals surface area contributed by atoms with Crippen molar-refractivity contribution in [2.24, 2.45) is 0 Å². The number of thioether (sulfide) groups is 1. The summed E-state index contributed by atoms with van der Waals surface area (Å²) in [5.41, 5.74) is 0.903. The molecule has 23 heavy (non-hydrogen) atoms. The molecule has 0 N–H and O–H groups in total. The van der Waals surface area contributed by atoms with Crippen molar-refractivity contribution in [1.82, 2.24) is 4.90 Å². The van der Waals surface area contributed by atoms with E-state index in [2.05, 4.69) is 0 Å². The minimum Gasteiger partial charge on any atom is -0.385 e. The van der Waals surface area contributed by atoms with Gasteiger partial charge in [0.15, 0.2) is 0 Å². The molecule has 0 saturated carbocycles. The number of benzene rings is 1. The summed E-state index contributed by atoms with van der Waals surface area (Å²) in [6.45, 7) is 2.75. The zero-order valence-electron chi connectivity index (χ0n) is 12.9. The maximum Gasteiger partial charge on any atom is 0.267 e. The SMILES string of the molecule is CCSC1=C(c2ccc(Cl)cc2Cl)C(=O)N(CCCOC)C1=O. The van der Waals surface area contributed by atoms with Crippen molar-refractivity contribution in [3.8, 4) is 0 Å². The van der Waals surface area contributed by atoms with Crippen molar-refractivity contribution in [2.45, 2.75) is 13.3 Å². The van der Waals surface area contributed by atoms with Gasteiger partial charge in [-0.25, -0.2) is 0 Å². The Morgan fingerprint density at radius 3 is 2.57 bits per heavy atom. The molecule has 1 heterocycles. The Morgan fingerprint density at radius 2 is 1.96 bits per heavy atom. The van der Waals surface area contributed by atoms with Gasteiger partial charge in [-0.1, -0.05) is 36.2 Å². The molecule has 0 aromatic heterocycles. The van der Waals surface area contributed by atoms with Crippen LogP contribution in [0.2, 0.25) is 10.0 Å². The van der Waals surface area contributed by atoms with Crippen LogP contribution in [0.4, 0.5) is 0 Å². The Bertz CT molecular complexity index is 661. The first-order chi connectivity index (χ1) is 11.0. The van der Waals surface area contributed by atoms with Gasteiger partial charge in [-0.3, -0.25) is 14.5 Å². The summed E-state index contributed by atoms with van der Waals surface area (Å²) in [5.74, 6) is 0.111. The molecule has 1 aromatic carbocycles. The Morgan fingerprint density at radius 1 is 1.22 bits per heavy atom. The molecule has 0 bridgehead atoms. The average Bonchev–Trinajstić information content (AvgIpc) is 2.73. The molecule has 0 radical (unpaired) electrons. The zero-order valence-corrected chi connectivity index (χ0v) is 15.2. The highest BCUT2D eigenvalue weighted by Gasteiger charge is 2.39. The monoisotopic (exact) mass is 373 g/mol. The van der Waals surface area contributed by atoms with E-state index in [1.54, 1.807) is 25.3 Å². The van der Waals surface area contributed by atoms with Gasteiger partial charge in [0.05, 0.1) is 15.5 Å². The van der Waals surface area contributed by atoms with Crippen LogP contribution < -0.4 is 0 Å². The largest absolute Gasteiger partial charge is 0.385 e. The molecule has 0 saturated heterocycles. The number of carbonyl (C=O) groups is 2. The standard InChI is InChI=1S/C16H17Cl2NO3S/c1-3-23-14-13(11-6-5-10(17)9-12(11)18)15(20)19(16(14)21)7-4-8-22-2/h5-6,9H,3-4,7-8H2,1-2H3. The fourth-order valence-electron chi connectivity index (χ4n) is 2.33. The third-order valence-corrected chi connectivity index (χ3v) is 4.85. The highest BCUT2D eigenvalue weighted by atomic mass is 35.5. The van der Waals surface area contributed by atoms with Gasteiger partial charge in [-0.15, -0.1) is 11.8 Å². The molecule has 0 fully saturated rings. The first-order valence-corrected chi connectivity index (χ1v) is 8.93. The molecule has 1 aliphatic rings. The Labute approximate surface area is 149 Å². The first-order valence-electron chi connectivity index (χ1n) is 7.18. The number of hydrogen-bond donors (Lipinski definition) is 0. The lowest BCUT2D eigenvalue weighted by Crippen LogP contribution is -2.33. The summed E-state index contributed by atoms with van der Waals surface area (Å²) in [4.78, 5) is 27.0. The van der Waals surface area contributed by atoms with Crippen LogP contribution in [0.1, 0.15) is 18.9 Å². The van der Waals surface area contributed by atoms with Gasteiger partial charge in [0.25, 0.3) is 11.8 Å². The van der Waals surface area contributed by atoms with E-state index in [4.69, 9.17) is 27.9 Å². The van der Waals surface area contributed by atoms with Crippen LogP contribution >= 0.6 is 35.0 Å². The molecule has 2 amide bonds. The van der Waals surface area contributed by atoms with Crippen LogP contribution in [0, 0.1) is 0 Å². The first kappa shape index (κ1) is 18.3. The molecular formula is C16H17Cl2NO3S. The van der Waals surface area contributed by atoms with Crippen LogP contribution in [-0.2, 0) is 14.3 Å². The molecule has 0 aliphatic carbocycles. The second kappa shape index (κ2) is 8.20. The van der Waals surface area contributed by atoms with Gasteiger partial charge in [-0.05, 0) is 24.3 Å². The van der Waals surface area contributed by atoms with Gasteiger partial charge in [0.1, 0.15) is 0 Å². The lowest BCUT2D eigenvalue weighted by Gasteiger charge is -2.14. The zero-order chi connectivity index (χ0) is 17.0. The number of hydrogen-bond acceptors (Lipinski definition) is 4. The third kappa shape index (κ3) is 3.91. The van der Waals surface area contributed by atoms with Crippen molar-refractivity contribution < 1.29 is 14.3 Å². The number of carbonyl (C=O) groups excluding carboxylic acids is 2. The predicted molar refractivity (Wildman–Crippen MR) is 94.7 cm³/mol. The van der Waals surface area contributed by atoms with E-state index in [-0.39, 0.29) is 11.8 Å². The van der Waals surface area contributed by atoms with Crippen molar-refractivity contribution in [3.63, 3.8) is 0 Å². The van der Waals surface area contributed by atoms with E-state index >= 15 is 0 Å². The van der Waals surface area contributed by atoms with Crippen LogP contribution in [0.15, 0.2) is 23.1 Å². The predicted octanol–water partition coefficient (Wildman–Crippen LogP) is 3.86. The number of ether oxygens (including phenoxy) is 1.